The van der Waals surface area contributed by atoms with Crippen LogP contribution in [0, 0.1) is 5.92 Å². The lowest BCUT2D eigenvalue weighted by atomic mass is 9.84. The molecule has 2 aliphatic rings. The zero-order chi connectivity index (χ0) is 15.1. The fourth-order valence-corrected chi connectivity index (χ4v) is 3.33. The first-order valence-electron chi connectivity index (χ1n) is 8.45. The molecule has 0 aromatic heterocycles. The molecule has 0 aromatic rings. The van der Waals surface area contributed by atoms with Crippen LogP contribution < -0.4 is 11.1 Å². The Morgan fingerprint density at radius 3 is 2.38 bits per heavy atom. The van der Waals surface area contributed by atoms with Gasteiger partial charge in [-0.1, -0.05) is 0 Å². The van der Waals surface area contributed by atoms with Gasteiger partial charge in [-0.05, 0) is 57.3 Å². The normalized spacial score (nSPS) is 26.4. The molecule has 1 saturated carbocycles. The molecule has 0 radical (unpaired) electrons. The lowest BCUT2D eigenvalue weighted by molar-refractivity contribution is -0.133. The van der Waals surface area contributed by atoms with Gasteiger partial charge in [0.2, 0.25) is 11.8 Å². The molecule has 0 aromatic carbocycles. The number of carbonyl (C=O) groups excluding carboxylic acids is 2. The number of rotatable bonds is 5. The highest BCUT2D eigenvalue weighted by Crippen LogP contribution is 2.26. The number of nitrogens with two attached hydrogens (primary N) is 1. The first-order valence-corrected chi connectivity index (χ1v) is 8.45. The zero-order valence-electron chi connectivity index (χ0n) is 13.0. The molecule has 2 fully saturated rings. The van der Waals surface area contributed by atoms with E-state index in [2.05, 4.69) is 5.32 Å². The van der Waals surface area contributed by atoms with E-state index in [9.17, 15) is 9.59 Å². The molecule has 2 amide bonds. The average Bonchev–Trinajstić information content (AvgIpc) is 2.53. The molecule has 1 aliphatic carbocycles. The first kappa shape index (κ1) is 16.3. The van der Waals surface area contributed by atoms with Crippen molar-refractivity contribution in [3.8, 4) is 0 Å². The van der Waals surface area contributed by atoms with Crippen LogP contribution >= 0.6 is 0 Å². The quantitative estimate of drug-likeness (QED) is 0.805. The van der Waals surface area contributed by atoms with E-state index >= 15 is 0 Å². The minimum Gasteiger partial charge on any atom is -0.347 e. The minimum absolute atomic E-state index is 0.00947. The monoisotopic (exact) mass is 295 g/mol. The molecule has 1 heterocycles. The molecule has 5 heteroatoms. The van der Waals surface area contributed by atoms with Gasteiger partial charge in [0.05, 0.1) is 6.54 Å². The molecule has 120 valence electrons. The smallest absolute Gasteiger partial charge is 0.241 e. The lowest BCUT2D eigenvalue weighted by Gasteiger charge is -2.27. The van der Waals surface area contributed by atoms with Gasteiger partial charge in [0.15, 0.2) is 0 Å². The third kappa shape index (κ3) is 5.65. The van der Waals surface area contributed by atoms with Crippen LogP contribution in [-0.4, -0.2) is 42.4 Å². The van der Waals surface area contributed by atoms with E-state index in [1.807, 2.05) is 4.90 Å². The maximum atomic E-state index is 11.9. The molecule has 0 unspecified atom stereocenters. The summed E-state index contributed by atoms with van der Waals surface area (Å²) in [6.07, 6.45) is 9.29. The van der Waals surface area contributed by atoms with Gasteiger partial charge < -0.3 is 16.0 Å². The van der Waals surface area contributed by atoms with Crippen LogP contribution in [-0.2, 0) is 9.59 Å². The van der Waals surface area contributed by atoms with Crippen molar-refractivity contribution in [2.24, 2.45) is 11.7 Å². The maximum Gasteiger partial charge on any atom is 0.241 e. The summed E-state index contributed by atoms with van der Waals surface area (Å²) in [6, 6.07) is 0.359. The molecule has 1 saturated heterocycles. The van der Waals surface area contributed by atoms with Crippen LogP contribution in [0.15, 0.2) is 0 Å². The van der Waals surface area contributed by atoms with E-state index in [0.717, 1.165) is 58.0 Å². The number of nitrogens with one attached hydrogen (secondary N) is 1. The van der Waals surface area contributed by atoms with Gasteiger partial charge in [0, 0.05) is 25.6 Å². The molecule has 2 rings (SSSR count). The number of piperidine rings is 1. The summed E-state index contributed by atoms with van der Waals surface area (Å²) in [5, 5.41) is 2.77. The molecule has 5 nitrogen and oxygen atoms in total. The highest BCUT2D eigenvalue weighted by Gasteiger charge is 2.20. The Labute approximate surface area is 127 Å². The van der Waals surface area contributed by atoms with Crippen LogP contribution in [0.1, 0.15) is 57.8 Å². The summed E-state index contributed by atoms with van der Waals surface area (Å²) in [7, 11) is 0. The van der Waals surface area contributed by atoms with Crippen molar-refractivity contribution in [1.82, 2.24) is 10.2 Å². The highest BCUT2D eigenvalue weighted by atomic mass is 16.2. The number of amides is 2. The summed E-state index contributed by atoms with van der Waals surface area (Å²) < 4.78 is 0. The standard InChI is InChI=1S/C16H29N3O2/c17-14-7-4-13(5-8-14)6-9-15(20)18-12-16(21)19-10-2-1-3-11-19/h13-14H,1-12,17H2,(H,18,20). The van der Waals surface area contributed by atoms with Crippen molar-refractivity contribution >= 4 is 11.8 Å². The number of carbonyl (C=O) groups is 2. The summed E-state index contributed by atoms with van der Waals surface area (Å²) >= 11 is 0. The van der Waals surface area contributed by atoms with Crippen LogP contribution in [0.3, 0.4) is 0 Å². The Hall–Kier alpha value is -1.10. The van der Waals surface area contributed by atoms with Crippen molar-refractivity contribution in [2.45, 2.75) is 63.8 Å². The third-order valence-corrected chi connectivity index (χ3v) is 4.82. The van der Waals surface area contributed by atoms with E-state index in [-0.39, 0.29) is 18.4 Å². The van der Waals surface area contributed by atoms with Crippen molar-refractivity contribution in [1.29, 1.82) is 0 Å². The number of likely N-dealkylation sites (tertiary alicyclic amines) is 1. The van der Waals surface area contributed by atoms with E-state index in [4.69, 9.17) is 5.73 Å². The van der Waals surface area contributed by atoms with Gasteiger partial charge in [-0.15, -0.1) is 0 Å². The van der Waals surface area contributed by atoms with E-state index in [1.165, 1.54) is 6.42 Å². The van der Waals surface area contributed by atoms with Gasteiger partial charge in [0.25, 0.3) is 0 Å². The van der Waals surface area contributed by atoms with Crippen LogP contribution in [0.5, 0.6) is 0 Å². The predicted molar refractivity (Wildman–Crippen MR) is 82.6 cm³/mol. The Kier molecular flexibility index (Phi) is 6.49. The second-order valence-corrected chi connectivity index (χ2v) is 6.54. The summed E-state index contributed by atoms with van der Waals surface area (Å²) in [5.74, 6) is 0.704. The maximum absolute atomic E-state index is 11.9. The SMILES string of the molecule is NC1CCC(CCC(=O)NCC(=O)N2CCCCC2)CC1. The van der Waals surface area contributed by atoms with Crippen LogP contribution in [0.25, 0.3) is 0 Å². The molecule has 1 aliphatic heterocycles. The van der Waals surface area contributed by atoms with Crippen LogP contribution in [0.4, 0.5) is 0 Å². The van der Waals surface area contributed by atoms with Gasteiger partial charge >= 0.3 is 0 Å². The molecular formula is C16H29N3O2. The topological polar surface area (TPSA) is 75.4 Å². The Morgan fingerprint density at radius 2 is 1.71 bits per heavy atom. The van der Waals surface area contributed by atoms with Gasteiger partial charge in [-0.25, -0.2) is 0 Å². The number of hydrogen-bond acceptors (Lipinski definition) is 3. The van der Waals surface area contributed by atoms with Gasteiger partial charge in [-0.3, -0.25) is 9.59 Å². The predicted octanol–water partition coefficient (Wildman–Crippen LogP) is 1.41. The minimum atomic E-state index is 0.00947. The van der Waals surface area contributed by atoms with E-state index in [1.54, 1.807) is 0 Å². The van der Waals surface area contributed by atoms with Gasteiger partial charge in [-0.2, -0.15) is 0 Å². The van der Waals surface area contributed by atoms with E-state index in [0.29, 0.717) is 18.4 Å². The molecule has 0 spiro atoms. The molecule has 3 N–H and O–H groups in total. The van der Waals surface area contributed by atoms with E-state index < -0.39 is 0 Å². The molecular weight excluding hydrogens is 266 g/mol. The van der Waals surface area contributed by atoms with Crippen molar-refractivity contribution < 1.29 is 9.59 Å². The fraction of sp³-hybridized carbons (Fsp3) is 0.875. The lowest BCUT2D eigenvalue weighted by Crippen LogP contribution is -2.42. The summed E-state index contributed by atoms with van der Waals surface area (Å²) in [5.41, 5.74) is 5.88. The highest BCUT2D eigenvalue weighted by molar-refractivity contribution is 5.84. The Balaban J connectivity index is 1.57. The van der Waals surface area contributed by atoms with Crippen molar-refractivity contribution in [3.05, 3.63) is 0 Å². The Bertz CT molecular complexity index is 345. The first-order chi connectivity index (χ1) is 10.1. The average molecular weight is 295 g/mol. The van der Waals surface area contributed by atoms with Crippen LogP contribution in [0.2, 0.25) is 0 Å². The second-order valence-electron chi connectivity index (χ2n) is 6.54. The summed E-state index contributed by atoms with van der Waals surface area (Å²) in [6.45, 7) is 1.85. The molecule has 0 atom stereocenters. The van der Waals surface area contributed by atoms with Gasteiger partial charge in [0.1, 0.15) is 0 Å². The van der Waals surface area contributed by atoms with Crippen molar-refractivity contribution in [3.63, 3.8) is 0 Å². The fourth-order valence-electron chi connectivity index (χ4n) is 3.33. The summed E-state index contributed by atoms with van der Waals surface area (Å²) in [4.78, 5) is 25.6. The largest absolute Gasteiger partial charge is 0.347 e. The Morgan fingerprint density at radius 1 is 1.05 bits per heavy atom. The molecule has 0 bridgehead atoms. The second kappa shape index (κ2) is 8.37. The third-order valence-electron chi connectivity index (χ3n) is 4.82. The molecule has 21 heavy (non-hydrogen) atoms. The zero-order valence-corrected chi connectivity index (χ0v) is 13.0. The number of hydrogen-bond donors (Lipinski definition) is 2. The van der Waals surface area contributed by atoms with Crippen molar-refractivity contribution in [2.75, 3.05) is 19.6 Å². The number of nitrogens with zero attached hydrogens (tertiary/aromatic N) is 1.